The van der Waals surface area contributed by atoms with E-state index in [1.807, 2.05) is 0 Å². The minimum Gasteiger partial charge on any atom is -0.480 e. The van der Waals surface area contributed by atoms with Crippen LogP contribution >= 0.6 is 23.4 Å². The number of carbonyl (C=O) groups is 1. The molecule has 0 bridgehead atoms. The second-order valence-electron chi connectivity index (χ2n) is 4.46. The first-order valence-corrected chi connectivity index (χ1v) is 6.66. The molecule has 0 amide bonds. The SMILES string of the molecule is CC(C)(SCc1ccc(F)c(Cl)c1)[C@@H](N)C(=O)O. The van der Waals surface area contributed by atoms with E-state index in [2.05, 4.69) is 0 Å². The molecule has 1 atom stereocenters. The van der Waals surface area contributed by atoms with Crippen molar-refractivity contribution < 1.29 is 14.3 Å². The molecule has 0 unspecified atom stereocenters. The van der Waals surface area contributed by atoms with E-state index in [0.717, 1.165) is 5.56 Å². The summed E-state index contributed by atoms with van der Waals surface area (Å²) < 4.78 is 12.4. The van der Waals surface area contributed by atoms with Crippen LogP contribution in [0.2, 0.25) is 5.02 Å². The molecule has 0 heterocycles. The fourth-order valence-electron chi connectivity index (χ4n) is 1.29. The molecule has 0 saturated heterocycles. The number of aliphatic carboxylic acids is 1. The number of hydrogen-bond donors (Lipinski definition) is 2. The van der Waals surface area contributed by atoms with E-state index in [9.17, 15) is 9.18 Å². The number of benzene rings is 1. The molecule has 1 aromatic carbocycles. The van der Waals surface area contributed by atoms with E-state index in [1.54, 1.807) is 19.9 Å². The quantitative estimate of drug-likeness (QED) is 0.875. The number of rotatable bonds is 5. The Hall–Kier alpha value is -0.780. The Morgan fingerprint density at radius 2 is 2.22 bits per heavy atom. The molecule has 6 heteroatoms. The van der Waals surface area contributed by atoms with Crippen molar-refractivity contribution >= 4 is 29.3 Å². The van der Waals surface area contributed by atoms with E-state index in [0.29, 0.717) is 5.75 Å². The summed E-state index contributed by atoms with van der Waals surface area (Å²) in [5.41, 5.74) is 6.44. The summed E-state index contributed by atoms with van der Waals surface area (Å²) in [6, 6.07) is 3.49. The molecule has 0 aliphatic rings. The number of hydrogen-bond acceptors (Lipinski definition) is 3. The van der Waals surface area contributed by atoms with E-state index < -0.39 is 22.6 Å². The molecule has 0 radical (unpaired) electrons. The van der Waals surface area contributed by atoms with Crippen LogP contribution < -0.4 is 5.73 Å². The largest absolute Gasteiger partial charge is 0.480 e. The Morgan fingerprint density at radius 1 is 1.61 bits per heavy atom. The number of carboxylic acids is 1. The lowest BCUT2D eigenvalue weighted by Gasteiger charge is -2.28. The molecule has 18 heavy (non-hydrogen) atoms. The molecule has 1 rings (SSSR count). The predicted molar refractivity (Wildman–Crippen MR) is 72.4 cm³/mol. The predicted octanol–water partition coefficient (Wildman–Crippen LogP) is 2.90. The van der Waals surface area contributed by atoms with Gasteiger partial charge in [0.25, 0.3) is 0 Å². The van der Waals surface area contributed by atoms with Gasteiger partial charge in [-0.15, -0.1) is 11.8 Å². The van der Waals surface area contributed by atoms with Crippen LogP contribution in [-0.2, 0) is 10.5 Å². The van der Waals surface area contributed by atoms with Gasteiger partial charge in [-0.3, -0.25) is 4.79 Å². The molecule has 0 fully saturated rings. The average molecular weight is 292 g/mol. The van der Waals surface area contributed by atoms with Gasteiger partial charge in [-0.1, -0.05) is 17.7 Å². The van der Waals surface area contributed by atoms with Crippen molar-refractivity contribution in [1.82, 2.24) is 0 Å². The summed E-state index contributed by atoms with van der Waals surface area (Å²) in [5, 5.41) is 8.95. The van der Waals surface area contributed by atoms with Crippen LogP contribution in [0, 0.1) is 5.82 Å². The summed E-state index contributed by atoms with van der Waals surface area (Å²) in [4.78, 5) is 10.8. The lowest BCUT2D eigenvalue weighted by atomic mass is 10.1. The third kappa shape index (κ3) is 3.86. The Balaban J connectivity index is 2.69. The molecule has 1 aromatic rings. The van der Waals surface area contributed by atoms with Gasteiger partial charge in [-0.2, -0.15) is 0 Å². The van der Waals surface area contributed by atoms with Gasteiger partial charge in [0, 0.05) is 10.5 Å². The summed E-state index contributed by atoms with van der Waals surface area (Å²) in [6.07, 6.45) is 0. The molecule has 3 N–H and O–H groups in total. The van der Waals surface area contributed by atoms with Gasteiger partial charge in [0.2, 0.25) is 0 Å². The minimum absolute atomic E-state index is 0.0634. The summed E-state index contributed by atoms with van der Waals surface area (Å²) in [5.74, 6) is -0.981. The first-order valence-electron chi connectivity index (χ1n) is 5.30. The van der Waals surface area contributed by atoms with E-state index in [1.165, 1.54) is 23.9 Å². The number of thioether (sulfide) groups is 1. The van der Waals surface area contributed by atoms with Crippen molar-refractivity contribution in [3.8, 4) is 0 Å². The normalized spacial score (nSPS) is 13.4. The second kappa shape index (κ2) is 5.91. The summed E-state index contributed by atoms with van der Waals surface area (Å²) >= 11 is 7.07. The van der Waals surface area contributed by atoms with Gasteiger partial charge >= 0.3 is 5.97 Å². The zero-order valence-corrected chi connectivity index (χ0v) is 11.7. The molecular weight excluding hydrogens is 277 g/mol. The average Bonchev–Trinajstić information content (AvgIpc) is 2.29. The standard InChI is InChI=1S/C12H15ClFNO2S/c1-12(2,10(15)11(16)17)18-6-7-3-4-9(14)8(13)5-7/h3-5,10H,6,15H2,1-2H3,(H,16,17)/t10-/m0/s1. The minimum atomic E-state index is -1.04. The van der Waals surface area contributed by atoms with Crippen molar-refractivity contribution in [3.63, 3.8) is 0 Å². The fourth-order valence-corrected chi connectivity index (χ4v) is 2.49. The van der Waals surface area contributed by atoms with Crippen LogP contribution in [0.5, 0.6) is 0 Å². The highest BCUT2D eigenvalue weighted by atomic mass is 35.5. The molecule has 0 spiro atoms. The van der Waals surface area contributed by atoms with Gasteiger partial charge in [-0.25, -0.2) is 4.39 Å². The molecular formula is C12H15ClFNO2S. The van der Waals surface area contributed by atoms with Crippen molar-refractivity contribution in [2.45, 2.75) is 30.4 Å². The zero-order chi connectivity index (χ0) is 13.9. The van der Waals surface area contributed by atoms with E-state index in [4.69, 9.17) is 22.4 Å². The highest BCUT2D eigenvalue weighted by molar-refractivity contribution is 7.99. The topological polar surface area (TPSA) is 63.3 Å². The monoisotopic (exact) mass is 291 g/mol. The number of nitrogens with two attached hydrogens (primary N) is 1. The maximum atomic E-state index is 13.0. The van der Waals surface area contributed by atoms with Gasteiger partial charge in [0.1, 0.15) is 11.9 Å². The first-order chi connectivity index (χ1) is 8.24. The Bertz CT molecular complexity index is 454. The third-order valence-corrected chi connectivity index (χ3v) is 4.38. The second-order valence-corrected chi connectivity index (χ2v) is 6.49. The van der Waals surface area contributed by atoms with E-state index in [-0.39, 0.29) is 5.02 Å². The smallest absolute Gasteiger partial charge is 0.321 e. The van der Waals surface area contributed by atoms with Crippen LogP contribution in [0.25, 0.3) is 0 Å². The lowest BCUT2D eigenvalue weighted by molar-refractivity contribution is -0.139. The fraction of sp³-hybridized carbons (Fsp3) is 0.417. The molecule has 100 valence electrons. The number of halogens is 2. The van der Waals surface area contributed by atoms with Crippen molar-refractivity contribution in [3.05, 3.63) is 34.6 Å². The maximum Gasteiger partial charge on any atom is 0.321 e. The van der Waals surface area contributed by atoms with Crippen LogP contribution in [0.15, 0.2) is 18.2 Å². The maximum absolute atomic E-state index is 13.0. The molecule has 0 aliphatic carbocycles. The molecule has 3 nitrogen and oxygen atoms in total. The highest BCUT2D eigenvalue weighted by Gasteiger charge is 2.32. The zero-order valence-electron chi connectivity index (χ0n) is 10.1. The van der Waals surface area contributed by atoms with Crippen LogP contribution in [-0.4, -0.2) is 21.9 Å². The summed E-state index contributed by atoms with van der Waals surface area (Å²) in [7, 11) is 0. The van der Waals surface area contributed by atoms with Gasteiger partial charge in [-0.05, 0) is 31.5 Å². The first kappa shape index (κ1) is 15.3. The Kier molecular flexibility index (Phi) is 5.01. The molecule has 0 aromatic heterocycles. The number of carboxylic acid groups (broad SMARTS) is 1. The van der Waals surface area contributed by atoms with Gasteiger partial charge in [0.05, 0.1) is 5.02 Å². The highest BCUT2D eigenvalue weighted by Crippen LogP contribution is 2.31. The van der Waals surface area contributed by atoms with Crippen molar-refractivity contribution in [2.24, 2.45) is 5.73 Å². The molecule has 0 saturated carbocycles. The summed E-state index contributed by atoms with van der Waals surface area (Å²) in [6.45, 7) is 3.53. The van der Waals surface area contributed by atoms with Crippen molar-refractivity contribution in [2.75, 3.05) is 0 Å². The van der Waals surface area contributed by atoms with Gasteiger partial charge < -0.3 is 10.8 Å². The van der Waals surface area contributed by atoms with Gasteiger partial charge in [0.15, 0.2) is 0 Å². The van der Waals surface area contributed by atoms with Crippen LogP contribution in [0.3, 0.4) is 0 Å². The Morgan fingerprint density at radius 3 is 2.72 bits per heavy atom. The van der Waals surface area contributed by atoms with Crippen LogP contribution in [0.4, 0.5) is 4.39 Å². The van der Waals surface area contributed by atoms with E-state index >= 15 is 0 Å². The third-order valence-electron chi connectivity index (χ3n) is 2.61. The Labute approximate surface area is 115 Å². The van der Waals surface area contributed by atoms with Crippen LogP contribution in [0.1, 0.15) is 19.4 Å². The molecule has 0 aliphatic heterocycles. The lowest BCUT2D eigenvalue weighted by Crippen LogP contribution is -2.46. The van der Waals surface area contributed by atoms with Crippen molar-refractivity contribution in [1.29, 1.82) is 0 Å².